The van der Waals surface area contributed by atoms with Crippen LogP contribution in [0.4, 0.5) is 20.6 Å². The lowest BCUT2D eigenvalue weighted by molar-refractivity contribution is 0.164. The number of ether oxygens (including phenoxy) is 1. The molecule has 0 fully saturated rings. The van der Waals surface area contributed by atoms with E-state index in [1.54, 1.807) is 31.2 Å². The fourth-order valence-corrected chi connectivity index (χ4v) is 1.99. The Morgan fingerprint density at radius 3 is 2.64 bits per heavy atom. The van der Waals surface area contributed by atoms with Gasteiger partial charge in [0.1, 0.15) is 5.82 Å². The molecule has 2 aromatic carbocycles. The van der Waals surface area contributed by atoms with Crippen molar-refractivity contribution in [2.45, 2.75) is 13.5 Å². The van der Waals surface area contributed by atoms with Crippen LogP contribution in [-0.2, 0) is 11.3 Å². The summed E-state index contributed by atoms with van der Waals surface area (Å²) in [5.41, 5.74) is 2.20. The maximum absolute atomic E-state index is 13.1. The largest absolute Gasteiger partial charge is 0.449 e. The van der Waals surface area contributed by atoms with Crippen molar-refractivity contribution in [3.63, 3.8) is 0 Å². The number of carbonyl (C=O) groups is 1. The molecule has 0 spiro atoms. The van der Waals surface area contributed by atoms with Crippen molar-refractivity contribution >= 4 is 29.2 Å². The molecular formula is C16H16ClFN2O2. The van der Waals surface area contributed by atoms with Crippen LogP contribution >= 0.6 is 11.8 Å². The standard InChI is InChI=1S/C16H16ClFN2O2/c1-2-22-16(21)20(17)15-8-6-12(7-9-15)11-19-14-5-3-4-13(18)10-14/h3-10,19H,2,11H2,1H3. The molecule has 0 saturated carbocycles. The summed E-state index contributed by atoms with van der Waals surface area (Å²) >= 11 is 5.88. The molecule has 1 amide bonds. The SMILES string of the molecule is CCOC(=O)N(Cl)c1ccc(CNc2cccc(F)c2)cc1. The average Bonchev–Trinajstić information content (AvgIpc) is 2.53. The summed E-state index contributed by atoms with van der Waals surface area (Å²) in [5, 5.41) is 3.12. The first-order valence-corrected chi connectivity index (χ1v) is 7.15. The molecule has 6 heteroatoms. The summed E-state index contributed by atoms with van der Waals surface area (Å²) in [4.78, 5) is 11.5. The van der Waals surface area contributed by atoms with Gasteiger partial charge in [-0.2, -0.15) is 4.42 Å². The summed E-state index contributed by atoms with van der Waals surface area (Å²) in [6.07, 6.45) is -0.616. The van der Waals surface area contributed by atoms with Gasteiger partial charge in [0.2, 0.25) is 0 Å². The smallest absolute Gasteiger partial charge is 0.429 e. The van der Waals surface area contributed by atoms with E-state index in [9.17, 15) is 9.18 Å². The van der Waals surface area contributed by atoms with Gasteiger partial charge in [-0.1, -0.05) is 18.2 Å². The minimum Gasteiger partial charge on any atom is -0.449 e. The number of benzene rings is 2. The Hall–Kier alpha value is -2.27. The van der Waals surface area contributed by atoms with Crippen LogP contribution in [0.15, 0.2) is 48.5 Å². The number of nitrogens with one attached hydrogen (secondary N) is 1. The first-order chi connectivity index (χ1) is 10.6. The van der Waals surface area contributed by atoms with Gasteiger partial charge in [-0.05, 0) is 42.8 Å². The molecule has 0 aliphatic rings. The van der Waals surface area contributed by atoms with Gasteiger partial charge in [-0.3, -0.25) is 0 Å². The number of anilines is 2. The molecule has 1 N–H and O–H groups in total. The fourth-order valence-electron chi connectivity index (χ4n) is 1.83. The van der Waals surface area contributed by atoms with Crippen molar-refractivity contribution in [3.05, 3.63) is 59.9 Å². The number of amides is 1. The lowest BCUT2D eigenvalue weighted by atomic mass is 10.2. The number of rotatable bonds is 5. The normalized spacial score (nSPS) is 10.1. The Kier molecular flexibility index (Phi) is 5.61. The molecule has 22 heavy (non-hydrogen) atoms. The molecule has 0 bridgehead atoms. The van der Waals surface area contributed by atoms with Crippen LogP contribution < -0.4 is 9.74 Å². The van der Waals surface area contributed by atoms with E-state index in [1.807, 2.05) is 12.1 Å². The molecule has 0 aliphatic heterocycles. The second kappa shape index (κ2) is 7.66. The van der Waals surface area contributed by atoms with Crippen molar-refractivity contribution < 1.29 is 13.9 Å². The highest BCUT2D eigenvalue weighted by atomic mass is 35.5. The van der Waals surface area contributed by atoms with E-state index in [1.165, 1.54) is 12.1 Å². The lowest BCUT2D eigenvalue weighted by Crippen LogP contribution is -2.21. The van der Waals surface area contributed by atoms with Crippen LogP contribution in [0.3, 0.4) is 0 Å². The topological polar surface area (TPSA) is 41.6 Å². The van der Waals surface area contributed by atoms with Gasteiger partial charge in [0.15, 0.2) is 0 Å². The average molecular weight is 323 g/mol. The molecule has 4 nitrogen and oxygen atoms in total. The molecule has 0 aromatic heterocycles. The summed E-state index contributed by atoms with van der Waals surface area (Å²) < 4.78 is 18.8. The van der Waals surface area contributed by atoms with Crippen LogP contribution in [0, 0.1) is 5.82 Å². The van der Waals surface area contributed by atoms with E-state index in [-0.39, 0.29) is 12.4 Å². The number of nitrogens with zero attached hydrogens (tertiary/aromatic N) is 1. The van der Waals surface area contributed by atoms with Gasteiger partial charge in [0.05, 0.1) is 12.3 Å². The Labute approximate surface area is 133 Å². The maximum Gasteiger partial charge on any atom is 0.429 e. The monoisotopic (exact) mass is 322 g/mol. The summed E-state index contributed by atoms with van der Waals surface area (Å²) in [6.45, 7) is 2.51. The second-order valence-electron chi connectivity index (χ2n) is 4.51. The number of carbonyl (C=O) groups excluding carboxylic acids is 1. The minimum absolute atomic E-state index is 0.262. The molecular weight excluding hydrogens is 307 g/mol. The number of halogens is 2. The van der Waals surface area contributed by atoms with Crippen LogP contribution in [-0.4, -0.2) is 12.7 Å². The summed E-state index contributed by atoms with van der Waals surface area (Å²) in [6, 6.07) is 13.3. The Morgan fingerprint density at radius 2 is 2.00 bits per heavy atom. The molecule has 116 valence electrons. The van der Waals surface area contributed by atoms with Crippen molar-refractivity contribution in [3.8, 4) is 0 Å². The van der Waals surface area contributed by atoms with Crippen molar-refractivity contribution in [1.29, 1.82) is 0 Å². The van der Waals surface area contributed by atoms with Crippen molar-refractivity contribution in [2.24, 2.45) is 0 Å². The van der Waals surface area contributed by atoms with Gasteiger partial charge < -0.3 is 10.1 Å². The molecule has 0 radical (unpaired) electrons. The Balaban J connectivity index is 1.95. The van der Waals surface area contributed by atoms with Crippen LogP contribution in [0.1, 0.15) is 12.5 Å². The van der Waals surface area contributed by atoms with Gasteiger partial charge >= 0.3 is 6.09 Å². The third-order valence-electron chi connectivity index (χ3n) is 2.91. The maximum atomic E-state index is 13.1. The molecule has 0 unspecified atom stereocenters. The van der Waals surface area contributed by atoms with Crippen molar-refractivity contribution in [1.82, 2.24) is 0 Å². The zero-order valence-electron chi connectivity index (χ0n) is 12.1. The Morgan fingerprint density at radius 1 is 1.27 bits per heavy atom. The van der Waals surface area contributed by atoms with E-state index in [2.05, 4.69) is 5.32 Å². The fraction of sp³-hybridized carbons (Fsp3) is 0.188. The van der Waals surface area contributed by atoms with Crippen LogP contribution in [0.5, 0.6) is 0 Å². The third kappa shape index (κ3) is 4.36. The van der Waals surface area contributed by atoms with E-state index < -0.39 is 6.09 Å². The molecule has 0 saturated heterocycles. The quantitative estimate of drug-likeness (QED) is 0.821. The van der Waals surface area contributed by atoms with Gasteiger partial charge in [0, 0.05) is 24.0 Å². The highest BCUT2D eigenvalue weighted by Crippen LogP contribution is 2.19. The van der Waals surface area contributed by atoms with Gasteiger partial charge in [-0.15, -0.1) is 0 Å². The lowest BCUT2D eigenvalue weighted by Gasteiger charge is -2.14. The molecule has 0 aliphatic carbocycles. The first-order valence-electron chi connectivity index (χ1n) is 6.81. The highest BCUT2D eigenvalue weighted by Gasteiger charge is 2.13. The Bertz CT molecular complexity index is 634. The zero-order chi connectivity index (χ0) is 15.9. The number of hydrogen-bond donors (Lipinski definition) is 1. The molecule has 2 aromatic rings. The van der Waals surface area contributed by atoms with Crippen molar-refractivity contribution in [2.75, 3.05) is 16.3 Å². The van der Waals surface area contributed by atoms with E-state index in [0.717, 1.165) is 9.98 Å². The zero-order valence-corrected chi connectivity index (χ0v) is 12.8. The second-order valence-corrected chi connectivity index (χ2v) is 4.85. The van der Waals surface area contributed by atoms with Crippen LogP contribution in [0.2, 0.25) is 0 Å². The third-order valence-corrected chi connectivity index (χ3v) is 3.25. The molecule has 0 atom stereocenters. The first kappa shape index (κ1) is 16.1. The van der Waals surface area contributed by atoms with Gasteiger partial charge in [-0.25, -0.2) is 9.18 Å². The van der Waals surface area contributed by atoms with E-state index >= 15 is 0 Å². The van der Waals surface area contributed by atoms with E-state index in [4.69, 9.17) is 16.5 Å². The highest BCUT2D eigenvalue weighted by molar-refractivity contribution is 6.35. The molecule has 0 heterocycles. The van der Waals surface area contributed by atoms with E-state index in [0.29, 0.717) is 17.9 Å². The van der Waals surface area contributed by atoms with Crippen LogP contribution in [0.25, 0.3) is 0 Å². The summed E-state index contributed by atoms with van der Waals surface area (Å²) in [7, 11) is 0. The predicted molar refractivity (Wildman–Crippen MR) is 85.5 cm³/mol. The summed E-state index contributed by atoms with van der Waals surface area (Å²) in [5.74, 6) is -0.285. The number of hydrogen-bond acceptors (Lipinski definition) is 3. The molecule has 2 rings (SSSR count). The van der Waals surface area contributed by atoms with Gasteiger partial charge in [0.25, 0.3) is 0 Å². The minimum atomic E-state index is -0.616. The predicted octanol–water partition coefficient (Wildman–Crippen LogP) is 4.55.